The first-order valence-corrected chi connectivity index (χ1v) is 4.07. The number of nitrogens with zero attached hydrogens (tertiary/aromatic N) is 1. The van der Waals surface area contributed by atoms with Gasteiger partial charge < -0.3 is 0 Å². The average Bonchev–Trinajstić information content (AvgIpc) is 1.88. The second kappa shape index (κ2) is 5.29. The molecule has 1 heteroatoms. The number of hydrogen-bond donors (Lipinski definition) is 0. The first kappa shape index (κ1) is 9.49. The van der Waals surface area contributed by atoms with Gasteiger partial charge in [-0.05, 0) is 18.3 Å². The minimum Gasteiger partial charge on any atom is -0.198 e. The van der Waals surface area contributed by atoms with Crippen molar-refractivity contribution in [3.63, 3.8) is 0 Å². The second-order valence-corrected chi connectivity index (χ2v) is 3.22. The highest BCUT2D eigenvalue weighted by atomic mass is 14.2. The van der Waals surface area contributed by atoms with E-state index >= 15 is 0 Å². The van der Waals surface area contributed by atoms with Crippen LogP contribution in [0.5, 0.6) is 0 Å². The number of rotatable bonds is 4. The summed E-state index contributed by atoms with van der Waals surface area (Å²) in [5, 5.41) is 8.37. The van der Waals surface area contributed by atoms with Crippen LogP contribution in [0.1, 0.15) is 40.0 Å². The lowest BCUT2D eigenvalue weighted by Crippen LogP contribution is -2.00. The van der Waals surface area contributed by atoms with Gasteiger partial charge in [0.05, 0.1) is 6.07 Å². The fraction of sp³-hybridized carbons (Fsp3) is 0.889. The summed E-state index contributed by atoms with van der Waals surface area (Å²) in [4.78, 5) is 0. The Hall–Kier alpha value is -0.510. The van der Waals surface area contributed by atoms with Gasteiger partial charge in [0, 0.05) is 6.42 Å². The Morgan fingerprint density at radius 1 is 1.30 bits per heavy atom. The predicted octanol–water partition coefficient (Wildman–Crippen LogP) is 2.97. The maximum absolute atomic E-state index is 8.37. The van der Waals surface area contributed by atoms with E-state index in [1.165, 1.54) is 12.8 Å². The molecule has 0 heterocycles. The molecule has 2 atom stereocenters. The van der Waals surface area contributed by atoms with Gasteiger partial charge in [0.15, 0.2) is 0 Å². The van der Waals surface area contributed by atoms with Crippen LogP contribution < -0.4 is 0 Å². The zero-order valence-corrected chi connectivity index (χ0v) is 7.22. The molecule has 0 aliphatic heterocycles. The summed E-state index contributed by atoms with van der Waals surface area (Å²) in [5.74, 6) is 1.36. The summed E-state index contributed by atoms with van der Waals surface area (Å²) in [6.45, 7) is 6.59. The molecule has 0 saturated carbocycles. The molecule has 0 rings (SSSR count). The van der Waals surface area contributed by atoms with E-state index in [2.05, 4.69) is 26.8 Å². The van der Waals surface area contributed by atoms with Gasteiger partial charge in [0.2, 0.25) is 0 Å². The molecule has 58 valence electrons. The van der Waals surface area contributed by atoms with Gasteiger partial charge >= 0.3 is 0 Å². The smallest absolute Gasteiger partial charge is 0.0624 e. The van der Waals surface area contributed by atoms with Crippen LogP contribution in [0.2, 0.25) is 0 Å². The highest BCUT2D eigenvalue weighted by Gasteiger charge is 2.05. The number of hydrogen-bond acceptors (Lipinski definition) is 1. The van der Waals surface area contributed by atoms with Gasteiger partial charge in [-0.1, -0.05) is 27.2 Å². The van der Waals surface area contributed by atoms with E-state index < -0.39 is 0 Å². The third-order valence-corrected chi connectivity index (χ3v) is 1.94. The third-order valence-electron chi connectivity index (χ3n) is 1.94. The molecular weight excluding hydrogens is 122 g/mol. The monoisotopic (exact) mass is 139 g/mol. The topological polar surface area (TPSA) is 23.8 Å². The lowest BCUT2D eigenvalue weighted by molar-refractivity contribution is 0.411. The summed E-state index contributed by atoms with van der Waals surface area (Å²) < 4.78 is 0. The van der Waals surface area contributed by atoms with Crippen molar-refractivity contribution in [1.82, 2.24) is 0 Å². The first-order valence-electron chi connectivity index (χ1n) is 4.07. The van der Waals surface area contributed by atoms with Crippen LogP contribution in [0.25, 0.3) is 0 Å². The summed E-state index contributed by atoms with van der Waals surface area (Å²) >= 11 is 0. The van der Waals surface area contributed by atoms with Crippen LogP contribution in [0.15, 0.2) is 0 Å². The highest BCUT2D eigenvalue weighted by Crippen LogP contribution is 2.16. The Balaban J connectivity index is 3.38. The molecule has 0 radical (unpaired) electrons. The zero-order chi connectivity index (χ0) is 7.98. The minimum absolute atomic E-state index is 0.583. The zero-order valence-electron chi connectivity index (χ0n) is 7.22. The SMILES string of the molecule is CCC(C)CC(C)CC#N. The van der Waals surface area contributed by atoms with E-state index in [1.807, 2.05) is 0 Å². The van der Waals surface area contributed by atoms with Gasteiger partial charge in [-0.3, -0.25) is 0 Å². The molecule has 0 bridgehead atoms. The molecule has 0 aliphatic carbocycles. The second-order valence-electron chi connectivity index (χ2n) is 3.22. The summed E-state index contributed by atoms with van der Waals surface area (Å²) in [6, 6.07) is 2.20. The molecule has 10 heavy (non-hydrogen) atoms. The highest BCUT2D eigenvalue weighted by molar-refractivity contribution is 4.74. The van der Waals surface area contributed by atoms with Crippen molar-refractivity contribution in [2.75, 3.05) is 0 Å². The van der Waals surface area contributed by atoms with Crippen molar-refractivity contribution >= 4 is 0 Å². The van der Waals surface area contributed by atoms with Crippen LogP contribution in [0, 0.1) is 23.2 Å². The van der Waals surface area contributed by atoms with Crippen LogP contribution in [-0.2, 0) is 0 Å². The summed E-state index contributed by atoms with van der Waals surface area (Å²) in [5.41, 5.74) is 0. The van der Waals surface area contributed by atoms with E-state index in [4.69, 9.17) is 5.26 Å². The maximum atomic E-state index is 8.37. The quantitative estimate of drug-likeness (QED) is 0.587. The van der Waals surface area contributed by atoms with Crippen LogP contribution >= 0.6 is 0 Å². The van der Waals surface area contributed by atoms with E-state index in [0.717, 1.165) is 5.92 Å². The molecule has 0 aliphatic rings. The van der Waals surface area contributed by atoms with Gasteiger partial charge in [0.1, 0.15) is 0 Å². The Morgan fingerprint density at radius 2 is 1.90 bits per heavy atom. The van der Waals surface area contributed by atoms with Crippen molar-refractivity contribution in [3.8, 4) is 6.07 Å². The van der Waals surface area contributed by atoms with E-state index in [-0.39, 0.29) is 0 Å². The van der Waals surface area contributed by atoms with Gasteiger partial charge in [-0.25, -0.2) is 0 Å². The molecule has 1 nitrogen and oxygen atoms in total. The van der Waals surface area contributed by atoms with Crippen molar-refractivity contribution in [2.24, 2.45) is 11.8 Å². The van der Waals surface area contributed by atoms with Crippen LogP contribution in [0.4, 0.5) is 0 Å². The van der Waals surface area contributed by atoms with Crippen molar-refractivity contribution in [2.45, 2.75) is 40.0 Å². The minimum atomic E-state index is 0.583. The Kier molecular flexibility index (Phi) is 5.02. The average molecular weight is 139 g/mol. The molecule has 0 saturated heterocycles. The molecular formula is C9H17N. The molecule has 0 spiro atoms. The standard InChI is InChI=1S/C9H17N/c1-4-8(2)7-9(3)5-6-10/h8-9H,4-5,7H2,1-3H3. The normalized spacial score (nSPS) is 15.8. The predicted molar refractivity (Wildman–Crippen MR) is 43.5 cm³/mol. The summed E-state index contributed by atoms with van der Waals surface area (Å²) in [6.07, 6.45) is 3.14. The molecule has 0 aromatic heterocycles. The van der Waals surface area contributed by atoms with E-state index in [0.29, 0.717) is 12.3 Å². The Labute approximate surface area is 64.1 Å². The van der Waals surface area contributed by atoms with E-state index in [9.17, 15) is 0 Å². The van der Waals surface area contributed by atoms with E-state index in [1.54, 1.807) is 0 Å². The molecule has 2 unspecified atom stereocenters. The largest absolute Gasteiger partial charge is 0.198 e. The van der Waals surface area contributed by atoms with Crippen LogP contribution in [-0.4, -0.2) is 0 Å². The van der Waals surface area contributed by atoms with Crippen molar-refractivity contribution in [3.05, 3.63) is 0 Å². The Morgan fingerprint density at radius 3 is 2.30 bits per heavy atom. The summed E-state index contributed by atoms with van der Waals surface area (Å²) in [7, 11) is 0. The molecule has 0 aromatic rings. The molecule has 0 fully saturated rings. The number of nitriles is 1. The first-order chi connectivity index (χ1) is 4.70. The fourth-order valence-corrected chi connectivity index (χ4v) is 1.09. The molecule has 0 amide bonds. The van der Waals surface area contributed by atoms with Crippen LogP contribution in [0.3, 0.4) is 0 Å². The van der Waals surface area contributed by atoms with Gasteiger partial charge in [-0.15, -0.1) is 0 Å². The van der Waals surface area contributed by atoms with Gasteiger partial charge in [-0.2, -0.15) is 5.26 Å². The third kappa shape index (κ3) is 4.38. The fourth-order valence-electron chi connectivity index (χ4n) is 1.09. The lowest BCUT2D eigenvalue weighted by atomic mass is 9.94. The molecule has 0 N–H and O–H groups in total. The Bertz CT molecular complexity index is 112. The maximum Gasteiger partial charge on any atom is 0.0624 e. The lowest BCUT2D eigenvalue weighted by Gasteiger charge is -2.11. The van der Waals surface area contributed by atoms with Gasteiger partial charge in [0.25, 0.3) is 0 Å². The molecule has 0 aromatic carbocycles. The van der Waals surface area contributed by atoms with Crippen molar-refractivity contribution < 1.29 is 0 Å². The van der Waals surface area contributed by atoms with Crippen molar-refractivity contribution in [1.29, 1.82) is 5.26 Å².